The van der Waals surface area contributed by atoms with Gasteiger partial charge in [0, 0.05) is 5.56 Å². The Morgan fingerprint density at radius 1 is 1.16 bits per heavy atom. The van der Waals surface area contributed by atoms with E-state index >= 15 is 0 Å². The van der Waals surface area contributed by atoms with Gasteiger partial charge in [-0.3, -0.25) is 0 Å². The van der Waals surface area contributed by atoms with Gasteiger partial charge >= 0.3 is 0 Å². The average molecular weight is 261 g/mol. The van der Waals surface area contributed by atoms with Gasteiger partial charge in [0.05, 0.1) is 7.11 Å². The Kier molecular flexibility index (Phi) is 4.87. The summed E-state index contributed by atoms with van der Waals surface area (Å²) in [5, 5.41) is 0. The SMILES string of the molecule is COc1cc(C)cc(C)c1C1CCCCCC1CN. The van der Waals surface area contributed by atoms with E-state index in [4.69, 9.17) is 10.5 Å². The van der Waals surface area contributed by atoms with Crippen molar-refractivity contribution in [1.29, 1.82) is 0 Å². The summed E-state index contributed by atoms with van der Waals surface area (Å²) < 4.78 is 5.65. The monoisotopic (exact) mass is 261 g/mol. The van der Waals surface area contributed by atoms with Gasteiger partial charge in [0.25, 0.3) is 0 Å². The molecule has 2 heteroatoms. The maximum absolute atomic E-state index is 6.03. The minimum atomic E-state index is 0.572. The van der Waals surface area contributed by atoms with Crippen molar-refractivity contribution >= 4 is 0 Å². The summed E-state index contributed by atoms with van der Waals surface area (Å²) >= 11 is 0. The molecule has 0 aromatic heterocycles. The van der Waals surface area contributed by atoms with Crippen LogP contribution in [0, 0.1) is 19.8 Å². The Morgan fingerprint density at radius 2 is 1.89 bits per heavy atom. The van der Waals surface area contributed by atoms with E-state index in [2.05, 4.69) is 26.0 Å². The summed E-state index contributed by atoms with van der Waals surface area (Å²) in [6, 6.07) is 4.44. The van der Waals surface area contributed by atoms with Crippen molar-refractivity contribution in [1.82, 2.24) is 0 Å². The normalized spacial score (nSPS) is 24.0. The van der Waals surface area contributed by atoms with Crippen LogP contribution in [0.4, 0.5) is 0 Å². The predicted molar refractivity (Wildman–Crippen MR) is 80.8 cm³/mol. The highest BCUT2D eigenvalue weighted by Crippen LogP contribution is 2.42. The molecular weight excluding hydrogens is 234 g/mol. The van der Waals surface area contributed by atoms with Crippen LogP contribution in [-0.2, 0) is 0 Å². The lowest BCUT2D eigenvalue weighted by Gasteiger charge is -2.27. The molecule has 2 atom stereocenters. The Bertz CT molecular complexity index is 428. The van der Waals surface area contributed by atoms with Crippen LogP contribution >= 0.6 is 0 Å². The smallest absolute Gasteiger partial charge is 0.122 e. The molecule has 1 fully saturated rings. The fraction of sp³-hybridized carbons (Fsp3) is 0.647. The van der Waals surface area contributed by atoms with Gasteiger partial charge in [0.1, 0.15) is 5.75 Å². The molecule has 0 aliphatic heterocycles. The molecule has 1 saturated carbocycles. The van der Waals surface area contributed by atoms with Crippen LogP contribution in [-0.4, -0.2) is 13.7 Å². The lowest BCUT2D eigenvalue weighted by molar-refractivity contribution is 0.370. The number of benzene rings is 1. The molecule has 1 aliphatic rings. The van der Waals surface area contributed by atoms with Gasteiger partial charge in [-0.1, -0.05) is 25.3 Å². The summed E-state index contributed by atoms with van der Waals surface area (Å²) in [5.74, 6) is 2.24. The molecule has 0 spiro atoms. The highest BCUT2D eigenvalue weighted by atomic mass is 16.5. The standard InChI is InChI=1S/C17H27NO/c1-12-9-13(2)17(16(10-12)19-3)15-8-6-4-5-7-14(15)11-18/h9-10,14-15H,4-8,11,18H2,1-3H3. The van der Waals surface area contributed by atoms with Gasteiger partial charge in [0.2, 0.25) is 0 Å². The van der Waals surface area contributed by atoms with Gasteiger partial charge in [-0.15, -0.1) is 0 Å². The molecular formula is C17H27NO. The maximum Gasteiger partial charge on any atom is 0.122 e. The first-order chi connectivity index (χ1) is 9.17. The summed E-state index contributed by atoms with van der Waals surface area (Å²) in [5.41, 5.74) is 10.1. The van der Waals surface area contributed by atoms with Crippen LogP contribution in [0.1, 0.15) is 54.7 Å². The predicted octanol–water partition coefficient (Wildman–Crippen LogP) is 3.93. The fourth-order valence-electron chi connectivity index (χ4n) is 3.63. The van der Waals surface area contributed by atoms with Crippen LogP contribution in [0.15, 0.2) is 12.1 Å². The molecule has 1 aromatic rings. The molecule has 19 heavy (non-hydrogen) atoms. The summed E-state index contributed by atoms with van der Waals surface area (Å²) in [4.78, 5) is 0. The first kappa shape index (κ1) is 14.4. The Hall–Kier alpha value is -1.02. The zero-order valence-corrected chi connectivity index (χ0v) is 12.5. The lowest BCUT2D eigenvalue weighted by atomic mass is 9.80. The number of hydrogen-bond donors (Lipinski definition) is 1. The van der Waals surface area contributed by atoms with Crippen molar-refractivity contribution in [2.45, 2.75) is 51.9 Å². The van der Waals surface area contributed by atoms with E-state index in [1.54, 1.807) is 7.11 Å². The van der Waals surface area contributed by atoms with Gasteiger partial charge < -0.3 is 10.5 Å². The second-order valence-corrected chi connectivity index (χ2v) is 5.94. The van der Waals surface area contributed by atoms with E-state index in [0.717, 1.165) is 12.3 Å². The highest BCUT2D eigenvalue weighted by Gasteiger charge is 2.27. The molecule has 0 radical (unpaired) electrons. The topological polar surface area (TPSA) is 35.2 Å². The quantitative estimate of drug-likeness (QED) is 0.837. The first-order valence-corrected chi connectivity index (χ1v) is 7.52. The van der Waals surface area contributed by atoms with Gasteiger partial charge in [-0.05, 0) is 62.3 Å². The van der Waals surface area contributed by atoms with E-state index < -0.39 is 0 Å². The van der Waals surface area contributed by atoms with Crippen LogP contribution in [0.5, 0.6) is 5.75 Å². The van der Waals surface area contributed by atoms with E-state index in [1.807, 2.05) is 0 Å². The van der Waals surface area contributed by atoms with Crippen LogP contribution in [0.25, 0.3) is 0 Å². The largest absolute Gasteiger partial charge is 0.496 e. The minimum absolute atomic E-state index is 0.572. The first-order valence-electron chi connectivity index (χ1n) is 7.52. The molecule has 2 N–H and O–H groups in total. The molecule has 0 amide bonds. The third-order valence-electron chi connectivity index (χ3n) is 4.55. The van der Waals surface area contributed by atoms with E-state index in [1.165, 1.54) is 48.8 Å². The molecule has 2 rings (SSSR count). The Morgan fingerprint density at radius 3 is 2.58 bits per heavy atom. The second kappa shape index (κ2) is 6.42. The van der Waals surface area contributed by atoms with Crippen molar-refractivity contribution < 1.29 is 4.74 Å². The van der Waals surface area contributed by atoms with E-state index in [9.17, 15) is 0 Å². The Labute approximate surface area is 117 Å². The van der Waals surface area contributed by atoms with Gasteiger partial charge in [0.15, 0.2) is 0 Å². The molecule has 1 aromatic carbocycles. The zero-order valence-electron chi connectivity index (χ0n) is 12.5. The lowest BCUT2D eigenvalue weighted by Crippen LogP contribution is -2.22. The van der Waals surface area contributed by atoms with Crippen LogP contribution < -0.4 is 10.5 Å². The third kappa shape index (κ3) is 3.11. The van der Waals surface area contributed by atoms with Crippen LogP contribution in [0.3, 0.4) is 0 Å². The highest BCUT2D eigenvalue weighted by molar-refractivity contribution is 5.45. The molecule has 0 bridgehead atoms. The number of hydrogen-bond acceptors (Lipinski definition) is 2. The summed E-state index contributed by atoms with van der Waals surface area (Å²) in [6.07, 6.45) is 6.50. The molecule has 1 aliphatic carbocycles. The summed E-state index contributed by atoms with van der Waals surface area (Å²) in [6.45, 7) is 5.14. The molecule has 2 unspecified atom stereocenters. The van der Waals surface area contributed by atoms with Gasteiger partial charge in [-0.2, -0.15) is 0 Å². The van der Waals surface area contributed by atoms with Crippen molar-refractivity contribution in [3.05, 3.63) is 28.8 Å². The van der Waals surface area contributed by atoms with Gasteiger partial charge in [-0.25, -0.2) is 0 Å². The summed E-state index contributed by atoms with van der Waals surface area (Å²) in [7, 11) is 1.78. The second-order valence-electron chi connectivity index (χ2n) is 5.94. The number of methoxy groups -OCH3 is 1. The number of ether oxygens (including phenoxy) is 1. The number of aryl methyl sites for hydroxylation is 2. The Balaban J connectivity index is 2.42. The average Bonchev–Trinajstić information content (AvgIpc) is 2.62. The minimum Gasteiger partial charge on any atom is -0.496 e. The molecule has 0 saturated heterocycles. The van der Waals surface area contributed by atoms with Crippen molar-refractivity contribution in [2.75, 3.05) is 13.7 Å². The fourth-order valence-corrected chi connectivity index (χ4v) is 3.63. The number of nitrogens with two attached hydrogens (primary N) is 1. The third-order valence-corrected chi connectivity index (χ3v) is 4.55. The van der Waals surface area contributed by atoms with Crippen LogP contribution in [0.2, 0.25) is 0 Å². The van der Waals surface area contributed by atoms with Crippen molar-refractivity contribution in [3.63, 3.8) is 0 Å². The van der Waals surface area contributed by atoms with E-state index in [-0.39, 0.29) is 0 Å². The maximum atomic E-state index is 6.03. The molecule has 0 heterocycles. The molecule has 2 nitrogen and oxygen atoms in total. The molecule has 106 valence electrons. The van der Waals surface area contributed by atoms with Crippen molar-refractivity contribution in [2.24, 2.45) is 11.7 Å². The zero-order chi connectivity index (χ0) is 13.8. The number of rotatable bonds is 3. The van der Waals surface area contributed by atoms with Crippen molar-refractivity contribution in [3.8, 4) is 5.75 Å². The van der Waals surface area contributed by atoms with E-state index in [0.29, 0.717) is 11.8 Å².